The summed E-state index contributed by atoms with van der Waals surface area (Å²) >= 11 is 0. The minimum Gasteiger partial charge on any atom is -0.481 e. The lowest BCUT2D eigenvalue weighted by atomic mass is 10.1. The number of carboxylic acids is 1. The van der Waals surface area contributed by atoms with Crippen molar-refractivity contribution < 1.29 is 19.4 Å². The fourth-order valence-electron chi connectivity index (χ4n) is 2.95. The maximum absolute atomic E-state index is 11.3. The average molecular weight is 381 g/mol. The summed E-state index contributed by atoms with van der Waals surface area (Å²) in [4.78, 5) is 21.7. The van der Waals surface area contributed by atoms with Crippen molar-refractivity contribution in [2.24, 2.45) is 0 Å². The van der Waals surface area contributed by atoms with Crippen molar-refractivity contribution >= 4 is 11.9 Å². The van der Waals surface area contributed by atoms with Gasteiger partial charge in [-0.25, -0.2) is 0 Å². The largest absolute Gasteiger partial charge is 0.481 e. The molecule has 4 nitrogen and oxygen atoms in total. The lowest BCUT2D eigenvalue weighted by molar-refractivity contribution is -0.144. The quantitative estimate of drug-likeness (QED) is 0.165. The standard InChI is InChI=1S/C23H40O4/c1-3-4-5-6-7-8-9-12-15-18-22(27-21(2)24)19-16-13-10-11-14-17-20-23(25)26/h8-9,15,18,22H,3-7,10-14,16-17,19-20H2,1-2H3,(H,25,26)/b9-8-,18-15-. The molecule has 0 heterocycles. The summed E-state index contributed by atoms with van der Waals surface area (Å²) < 4.78 is 5.38. The zero-order valence-corrected chi connectivity index (χ0v) is 17.5. The van der Waals surface area contributed by atoms with Gasteiger partial charge in [0.05, 0.1) is 0 Å². The molecule has 0 aliphatic carbocycles. The zero-order chi connectivity index (χ0) is 20.2. The van der Waals surface area contributed by atoms with Gasteiger partial charge >= 0.3 is 11.9 Å². The summed E-state index contributed by atoms with van der Waals surface area (Å²) in [6.45, 7) is 3.68. The third-order valence-corrected chi connectivity index (χ3v) is 4.46. The molecular formula is C23H40O4. The Morgan fingerprint density at radius 2 is 1.56 bits per heavy atom. The van der Waals surface area contributed by atoms with E-state index < -0.39 is 5.97 Å². The first kappa shape index (κ1) is 25.4. The Kier molecular flexibility index (Phi) is 18.1. The maximum Gasteiger partial charge on any atom is 0.303 e. The Morgan fingerprint density at radius 3 is 2.22 bits per heavy atom. The smallest absolute Gasteiger partial charge is 0.303 e. The van der Waals surface area contributed by atoms with Crippen LogP contribution in [-0.4, -0.2) is 23.1 Å². The number of ether oxygens (including phenoxy) is 1. The fourth-order valence-corrected chi connectivity index (χ4v) is 2.95. The van der Waals surface area contributed by atoms with Gasteiger partial charge < -0.3 is 9.84 Å². The number of carbonyl (C=O) groups is 2. The molecule has 4 heteroatoms. The van der Waals surface area contributed by atoms with Crippen LogP contribution >= 0.6 is 0 Å². The number of rotatable bonds is 18. The number of esters is 1. The van der Waals surface area contributed by atoms with E-state index >= 15 is 0 Å². The molecule has 0 aromatic heterocycles. The van der Waals surface area contributed by atoms with Gasteiger partial charge in [0.15, 0.2) is 0 Å². The van der Waals surface area contributed by atoms with Gasteiger partial charge in [-0.1, -0.05) is 70.1 Å². The Bertz CT molecular complexity index is 426. The second-order valence-electron chi connectivity index (χ2n) is 7.19. The molecule has 0 aliphatic heterocycles. The second-order valence-corrected chi connectivity index (χ2v) is 7.19. The van der Waals surface area contributed by atoms with Gasteiger partial charge in [-0.2, -0.15) is 0 Å². The first-order valence-electron chi connectivity index (χ1n) is 10.8. The molecule has 0 aliphatic rings. The molecule has 0 aromatic rings. The van der Waals surface area contributed by atoms with Crippen LogP contribution in [0.25, 0.3) is 0 Å². The number of hydrogen-bond acceptors (Lipinski definition) is 3. The van der Waals surface area contributed by atoms with Crippen molar-refractivity contribution in [1.82, 2.24) is 0 Å². The Labute approximate surface area is 166 Å². The van der Waals surface area contributed by atoms with Crippen molar-refractivity contribution in [1.29, 1.82) is 0 Å². The summed E-state index contributed by atoms with van der Waals surface area (Å²) in [5.74, 6) is -0.942. The molecule has 0 saturated heterocycles. The fraction of sp³-hybridized carbons (Fsp3) is 0.739. The van der Waals surface area contributed by atoms with Gasteiger partial charge in [0.25, 0.3) is 0 Å². The van der Waals surface area contributed by atoms with E-state index in [1.54, 1.807) is 0 Å². The average Bonchev–Trinajstić information content (AvgIpc) is 2.61. The van der Waals surface area contributed by atoms with Gasteiger partial charge in [0.1, 0.15) is 6.10 Å². The van der Waals surface area contributed by atoms with Crippen LogP contribution in [0.5, 0.6) is 0 Å². The number of carbonyl (C=O) groups excluding carboxylic acids is 1. The number of carboxylic acid groups (broad SMARTS) is 1. The summed E-state index contributed by atoms with van der Waals surface area (Å²) in [5, 5.41) is 8.60. The molecule has 1 N–H and O–H groups in total. The highest BCUT2D eigenvalue weighted by Gasteiger charge is 2.07. The molecule has 27 heavy (non-hydrogen) atoms. The van der Waals surface area contributed by atoms with Crippen LogP contribution in [0.1, 0.15) is 104 Å². The van der Waals surface area contributed by atoms with Crippen molar-refractivity contribution in [3.05, 3.63) is 24.3 Å². The third-order valence-electron chi connectivity index (χ3n) is 4.46. The molecule has 0 saturated carbocycles. The summed E-state index contributed by atoms with van der Waals surface area (Å²) in [7, 11) is 0. The molecule has 0 amide bonds. The van der Waals surface area contributed by atoms with Crippen molar-refractivity contribution in [2.75, 3.05) is 0 Å². The van der Waals surface area contributed by atoms with Crippen LogP contribution in [0, 0.1) is 0 Å². The lowest BCUT2D eigenvalue weighted by Gasteiger charge is -2.13. The Hall–Kier alpha value is -1.58. The topological polar surface area (TPSA) is 63.6 Å². The lowest BCUT2D eigenvalue weighted by Crippen LogP contribution is -2.13. The molecule has 0 bridgehead atoms. The number of aliphatic carboxylic acids is 1. The molecule has 0 fully saturated rings. The summed E-state index contributed by atoms with van der Waals surface area (Å²) in [6.07, 6.45) is 22.7. The Balaban J connectivity index is 3.85. The minimum atomic E-state index is -0.711. The first-order valence-corrected chi connectivity index (χ1v) is 10.8. The van der Waals surface area contributed by atoms with E-state index in [-0.39, 0.29) is 18.5 Å². The third kappa shape index (κ3) is 20.6. The molecule has 0 radical (unpaired) electrons. The van der Waals surface area contributed by atoms with E-state index in [1.807, 2.05) is 6.08 Å². The summed E-state index contributed by atoms with van der Waals surface area (Å²) in [5.41, 5.74) is 0. The van der Waals surface area contributed by atoms with Crippen LogP contribution in [-0.2, 0) is 14.3 Å². The van der Waals surface area contributed by atoms with Crippen LogP contribution in [0.3, 0.4) is 0 Å². The van der Waals surface area contributed by atoms with Gasteiger partial charge in [-0.3, -0.25) is 9.59 Å². The maximum atomic E-state index is 11.3. The van der Waals surface area contributed by atoms with Crippen LogP contribution in [0.4, 0.5) is 0 Å². The van der Waals surface area contributed by atoms with E-state index in [2.05, 4.69) is 25.2 Å². The summed E-state index contributed by atoms with van der Waals surface area (Å²) in [6, 6.07) is 0. The monoisotopic (exact) mass is 380 g/mol. The Morgan fingerprint density at radius 1 is 0.889 bits per heavy atom. The van der Waals surface area contributed by atoms with E-state index in [0.717, 1.165) is 57.8 Å². The molecule has 0 spiro atoms. The van der Waals surface area contributed by atoms with E-state index in [0.29, 0.717) is 0 Å². The van der Waals surface area contributed by atoms with Crippen molar-refractivity contribution in [2.45, 2.75) is 110 Å². The first-order chi connectivity index (χ1) is 13.1. The van der Waals surface area contributed by atoms with Crippen LogP contribution < -0.4 is 0 Å². The van der Waals surface area contributed by atoms with E-state index in [4.69, 9.17) is 9.84 Å². The second kappa shape index (κ2) is 19.2. The van der Waals surface area contributed by atoms with E-state index in [9.17, 15) is 9.59 Å². The molecule has 1 unspecified atom stereocenters. The predicted octanol–water partition coefficient (Wildman–Crippen LogP) is 6.60. The van der Waals surface area contributed by atoms with Gasteiger partial charge in [0.2, 0.25) is 0 Å². The number of allylic oxidation sites excluding steroid dienone is 3. The van der Waals surface area contributed by atoms with Crippen molar-refractivity contribution in [3.63, 3.8) is 0 Å². The van der Waals surface area contributed by atoms with Crippen molar-refractivity contribution in [3.8, 4) is 0 Å². The zero-order valence-electron chi connectivity index (χ0n) is 17.5. The predicted molar refractivity (Wildman–Crippen MR) is 112 cm³/mol. The van der Waals surface area contributed by atoms with E-state index in [1.165, 1.54) is 32.6 Å². The highest BCUT2D eigenvalue weighted by Crippen LogP contribution is 2.13. The van der Waals surface area contributed by atoms with Gasteiger partial charge in [-0.05, 0) is 44.6 Å². The van der Waals surface area contributed by atoms with Gasteiger partial charge in [-0.15, -0.1) is 0 Å². The number of hydrogen-bond donors (Lipinski definition) is 1. The molecule has 0 aromatic carbocycles. The van der Waals surface area contributed by atoms with Crippen LogP contribution in [0.2, 0.25) is 0 Å². The number of unbranched alkanes of at least 4 members (excludes halogenated alkanes) is 9. The SMILES string of the molecule is CCCCCC/C=C\C/C=C\C(CCCCCCCCC(=O)O)OC(C)=O. The molecular weight excluding hydrogens is 340 g/mol. The normalized spacial score (nSPS) is 12.7. The highest BCUT2D eigenvalue weighted by molar-refractivity contribution is 5.66. The molecule has 0 rings (SSSR count). The molecule has 1 atom stereocenters. The van der Waals surface area contributed by atoms with Crippen LogP contribution in [0.15, 0.2) is 24.3 Å². The molecule has 156 valence electrons. The highest BCUT2D eigenvalue weighted by atomic mass is 16.5. The minimum absolute atomic E-state index is 0.132. The van der Waals surface area contributed by atoms with Gasteiger partial charge in [0, 0.05) is 13.3 Å².